The molecule has 0 atom stereocenters. The Labute approximate surface area is 116 Å². The van der Waals surface area contributed by atoms with E-state index in [1.54, 1.807) is 0 Å². The zero-order valence-corrected chi connectivity index (χ0v) is 12.4. The molecule has 4 nitrogen and oxygen atoms in total. The summed E-state index contributed by atoms with van der Waals surface area (Å²) in [5.74, 6) is 8.77. The predicted molar refractivity (Wildman–Crippen MR) is 78.9 cm³/mol. The fraction of sp³-hybridized carbons (Fsp3) is 0.733. The van der Waals surface area contributed by atoms with Crippen LogP contribution in [-0.4, -0.2) is 9.97 Å². The van der Waals surface area contributed by atoms with E-state index in [1.165, 1.54) is 32.1 Å². The number of nitrogens with zero attached hydrogens (tertiary/aromatic N) is 2. The van der Waals surface area contributed by atoms with Crippen LogP contribution in [0, 0.1) is 12.8 Å². The molecule has 106 valence electrons. The van der Waals surface area contributed by atoms with Gasteiger partial charge >= 0.3 is 0 Å². The second kappa shape index (κ2) is 6.33. The summed E-state index contributed by atoms with van der Waals surface area (Å²) in [6.07, 6.45) is 7.29. The molecule has 0 aromatic carbocycles. The average molecular weight is 262 g/mol. The summed E-state index contributed by atoms with van der Waals surface area (Å²) < 4.78 is 0. The molecule has 1 heterocycles. The number of nitrogens with two attached hydrogens (primary N) is 1. The summed E-state index contributed by atoms with van der Waals surface area (Å²) >= 11 is 0. The molecule has 0 bridgehead atoms. The van der Waals surface area contributed by atoms with Crippen molar-refractivity contribution in [2.45, 2.75) is 65.2 Å². The molecule has 1 fully saturated rings. The summed E-state index contributed by atoms with van der Waals surface area (Å²) in [7, 11) is 0. The molecule has 1 aromatic rings. The summed E-state index contributed by atoms with van der Waals surface area (Å²) in [6.45, 7) is 6.46. The van der Waals surface area contributed by atoms with E-state index in [0.29, 0.717) is 5.92 Å². The first-order valence-electron chi connectivity index (χ1n) is 7.53. The van der Waals surface area contributed by atoms with Crippen LogP contribution in [0.5, 0.6) is 0 Å². The first-order valence-corrected chi connectivity index (χ1v) is 7.53. The van der Waals surface area contributed by atoms with Gasteiger partial charge in [-0.2, -0.15) is 0 Å². The minimum atomic E-state index is 0.515. The van der Waals surface area contributed by atoms with Crippen LogP contribution < -0.4 is 11.3 Å². The van der Waals surface area contributed by atoms with Gasteiger partial charge in [0.25, 0.3) is 0 Å². The van der Waals surface area contributed by atoms with Crippen LogP contribution in [0.25, 0.3) is 0 Å². The summed E-state index contributed by atoms with van der Waals surface area (Å²) in [4.78, 5) is 9.39. The molecule has 1 aliphatic carbocycles. The SMILES string of the molecule is CCc1nc(C2CCC(CC)CC2)nc(NN)c1C. The van der Waals surface area contributed by atoms with E-state index in [-0.39, 0.29) is 0 Å². The van der Waals surface area contributed by atoms with Crippen LogP contribution in [0.2, 0.25) is 0 Å². The van der Waals surface area contributed by atoms with Crippen molar-refractivity contribution in [1.82, 2.24) is 9.97 Å². The molecule has 0 saturated heterocycles. The molecule has 0 aliphatic heterocycles. The number of nitrogens with one attached hydrogen (secondary N) is 1. The lowest BCUT2D eigenvalue weighted by molar-refractivity contribution is 0.312. The van der Waals surface area contributed by atoms with Gasteiger partial charge in [0.1, 0.15) is 11.6 Å². The maximum Gasteiger partial charge on any atom is 0.146 e. The molecule has 3 N–H and O–H groups in total. The second-order valence-corrected chi connectivity index (χ2v) is 5.63. The Balaban J connectivity index is 2.20. The molecule has 4 heteroatoms. The fourth-order valence-corrected chi connectivity index (χ4v) is 3.08. The predicted octanol–water partition coefficient (Wildman–Crippen LogP) is 3.32. The minimum absolute atomic E-state index is 0.515. The average Bonchev–Trinajstić information content (AvgIpc) is 2.47. The highest BCUT2D eigenvalue weighted by molar-refractivity contribution is 5.45. The van der Waals surface area contributed by atoms with Gasteiger partial charge in [-0.15, -0.1) is 0 Å². The number of aryl methyl sites for hydroxylation is 1. The molecular weight excluding hydrogens is 236 g/mol. The van der Waals surface area contributed by atoms with Crippen LogP contribution in [0.3, 0.4) is 0 Å². The summed E-state index contributed by atoms with van der Waals surface area (Å²) in [5.41, 5.74) is 4.92. The van der Waals surface area contributed by atoms with Crippen molar-refractivity contribution < 1.29 is 0 Å². The lowest BCUT2D eigenvalue weighted by Crippen LogP contribution is -2.19. The maximum absolute atomic E-state index is 5.58. The van der Waals surface area contributed by atoms with Crippen molar-refractivity contribution in [3.63, 3.8) is 0 Å². The van der Waals surface area contributed by atoms with Gasteiger partial charge in [0.05, 0.1) is 0 Å². The van der Waals surface area contributed by atoms with Crippen LogP contribution in [0.15, 0.2) is 0 Å². The monoisotopic (exact) mass is 262 g/mol. The van der Waals surface area contributed by atoms with Crippen molar-refractivity contribution in [3.05, 3.63) is 17.1 Å². The van der Waals surface area contributed by atoms with E-state index in [0.717, 1.165) is 35.2 Å². The van der Waals surface area contributed by atoms with Crippen LogP contribution in [0.1, 0.15) is 69.0 Å². The van der Waals surface area contributed by atoms with Crippen LogP contribution >= 0.6 is 0 Å². The lowest BCUT2D eigenvalue weighted by atomic mass is 9.80. The number of nitrogen functional groups attached to an aromatic ring is 1. The Morgan fingerprint density at radius 3 is 2.37 bits per heavy atom. The second-order valence-electron chi connectivity index (χ2n) is 5.63. The van der Waals surface area contributed by atoms with Crippen molar-refractivity contribution in [1.29, 1.82) is 0 Å². The van der Waals surface area contributed by atoms with Crippen LogP contribution in [0.4, 0.5) is 5.82 Å². The number of hydrazine groups is 1. The maximum atomic E-state index is 5.58. The first kappa shape index (κ1) is 14.3. The third kappa shape index (κ3) is 3.06. The normalized spacial score (nSPS) is 23.4. The molecule has 0 spiro atoms. The number of rotatable bonds is 4. The Hall–Kier alpha value is -1.16. The van der Waals surface area contributed by atoms with Crippen molar-refractivity contribution in [3.8, 4) is 0 Å². The van der Waals surface area contributed by atoms with Gasteiger partial charge in [0.15, 0.2) is 0 Å². The van der Waals surface area contributed by atoms with E-state index >= 15 is 0 Å². The number of hydrogen-bond acceptors (Lipinski definition) is 4. The van der Waals surface area contributed by atoms with Crippen LogP contribution in [-0.2, 0) is 6.42 Å². The molecule has 1 aromatic heterocycles. The van der Waals surface area contributed by atoms with Crippen molar-refractivity contribution >= 4 is 5.82 Å². The summed E-state index contributed by atoms with van der Waals surface area (Å²) in [6, 6.07) is 0. The highest BCUT2D eigenvalue weighted by atomic mass is 15.3. The van der Waals surface area contributed by atoms with E-state index in [2.05, 4.69) is 24.3 Å². The minimum Gasteiger partial charge on any atom is -0.308 e. The zero-order valence-electron chi connectivity index (χ0n) is 12.4. The molecule has 19 heavy (non-hydrogen) atoms. The Bertz CT molecular complexity index is 397. The van der Waals surface area contributed by atoms with E-state index in [4.69, 9.17) is 10.8 Å². The van der Waals surface area contributed by atoms with Gasteiger partial charge in [-0.1, -0.05) is 20.3 Å². The van der Waals surface area contributed by atoms with Crippen molar-refractivity contribution in [2.24, 2.45) is 11.8 Å². The molecular formula is C15H26N4. The standard InChI is InChI=1S/C15H26N4/c1-4-11-6-8-12(9-7-11)15-17-13(5-2)10(3)14(18-15)19-16/h11-12H,4-9,16H2,1-3H3,(H,17,18,19). The topological polar surface area (TPSA) is 63.8 Å². The molecule has 1 saturated carbocycles. The van der Waals surface area contributed by atoms with E-state index in [1.807, 2.05) is 6.92 Å². The van der Waals surface area contributed by atoms with Gasteiger partial charge in [-0.05, 0) is 44.9 Å². The Kier molecular flexibility index (Phi) is 4.75. The third-order valence-electron chi connectivity index (χ3n) is 4.52. The highest BCUT2D eigenvalue weighted by Crippen LogP contribution is 2.36. The quantitative estimate of drug-likeness (QED) is 0.645. The molecule has 0 radical (unpaired) electrons. The van der Waals surface area contributed by atoms with E-state index < -0.39 is 0 Å². The third-order valence-corrected chi connectivity index (χ3v) is 4.52. The molecule has 2 rings (SSSR count). The van der Waals surface area contributed by atoms with Crippen molar-refractivity contribution in [2.75, 3.05) is 5.43 Å². The smallest absolute Gasteiger partial charge is 0.146 e. The van der Waals surface area contributed by atoms with E-state index in [9.17, 15) is 0 Å². The first-order chi connectivity index (χ1) is 9.19. The van der Waals surface area contributed by atoms with Gasteiger partial charge in [0, 0.05) is 17.2 Å². The molecule has 0 unspecified atom stereocenters. The number of anilines is 1. The highest BCUT2D eigenvalue weighted by Gasteiger charge is 2.24. The van der Waals surface area contributed by atoms with Gasteiger partial charge in [-0.25, -0.2) is 15.8 Å². The molecule has 1 aliphatic rings. The largest absolute Gasteiger partial charge is 0.308 e. The van der Waals surface area contributed by atoms with Gasteiger partial charge < -0.3 is 5.43 Å². The fourth-order valence-electron chi connectivity index (χ4n) is 3.08. The number of hydrogen-bond donors (Lipinski definition) is 2. The summed E-state index contributed by atoms with van der Waals surface area (Å²) in [5, 5.41) is 0. The lowest BCUT2D eigenvalue weighted by Gasteiger charge is -2.27. The molecule has 0 amide bonds. The van der Waals surface area contributed by atoms with Gasteiger partial charge in [-0.3, -0.25) is 0 Å². The Morgan fingerprint density at radius 2 is 1.84 bits per heavy atom. The van der Waals surface area contributed by atoms with Gasteiger partial charge in [0.2, 0.25) is 0 Å². The zero-order chi connectivity index (χ0) is 13.8. The number of aromatic nitrogens is 2. The Morgan fingerprint density at radius 1 is 1.16 bits per heavy atom.